The van der Waals surface area contributed by atoms with Gasteiger partial charge in [0, 0.05) is 13.6 Å². The van der Waals surface area contributed by atoms with Crippen molar-refractivity contribution in [2.75, 3.05) is 25.6 Å². The molecule has 7 nitrogen and oxygen atoms in total. The van der Waals surface area contributed by atoms with Gasteiger partial charge < -0.3 is 5.73 Å². The third kappa shape index (κ3) is 2.96. The van der Waals surface area contributed by atoms with E-state index in [1.54, 1.807) is 0 Å². The lowest BCUT2D eigenvalue weighted by molar-refractivity contribution is 0.436. The van der Waals surface area contributed by atoms with E-state index in [1.165, 1.54) is 22.4 Å². The molecule has 1 aromatic rings. The number of nitrogen functional groups attached to an aromatic ring is 1. The molecule has 0 saturated carbocycles. The highest BCUT2D eigenvalue weighted by molar-refractivity contribution is 7.88. The van der Waals surface area contributed by atoms with Crippen molar-refractivity contribution in [2.24, 2.45) is 0 Å². The average Bonchev–Trinajstić information content (AvgIpc) is 2.45. The van der Waals surface area contributed by atoms with Gasteiger partial charge in [0.25, 0.3) is 0 Å². The topological polar surface area (TPSA) is 94.1 Å². The largest absolute Gasteiger partial charge is 0.367 e. The molecule has 0 bridgehead atoms. The van der Waals surface area contributed by atoms with Crippen LogP contribution in [0.3, 0.4) is 0 Å². The summed E-state index contributed by atoms with van der Waals surface area (Å²) < 4.78 is 24.8. The van der Waals surface area contributed by atoms with Crippen molar-refractivity contribution in [2.45, 2.75) is 6.54 Å². The maximum absolute atomic E-state index is 11.0. The highest BCUT2D eigenvalue weighted by Crippen LogP contribution is 1.95. The van der Waals surface area contributed by atoms with Crippen LogP contribution in [0.1, 0.15) is 0 Å². The smallest absolute Gasteiger partial charge is 0.239 e. The fourth-order valence-electron chi connectivity index (χ4n) is 0.826. The number of hydrogen-bond acceptors (Lipinski definition) is 5. The van der Waals surface area contributed by atoms with Crippen LogP contribution in [0.25, 0.3) is 0 Å². The van der Waals surface area contributed by atoms with Gasteiger partial charge >= 0.3 is 0 Å². The Morgan fingerprint density at radius 1 is 1.64 bits per heavy atom. The number of sulfonamides is 1. The molecule has 0 aliphatic rings. The van der Waals surface area contributed by atoms with Crippen LogP contribution >= 0.6 is 0 Å². The summed E-state index contributed by atoms with van der Waals surface area (Å²) >= 11 is 0. The number of rotatable bonds is 4. The van der Waals surface area contributed by atoms with Gasteiger partial charge in [-0.15, -0.1) is 5.10 Å². The molecule has 0 aliphatic heterocycles. The van der Waals surface area contributed by atoms with Gasteiger partial charge in [-0.25, -0.2) is 22.4 Å². The van der Waals surface area contributed by atoms with Crippen LogP contribution in [0.4, 0.5) is 5.95 Å². The summed E-state index contributed by atoms with van der Waals surface area (Å²) in [6.07, 6.45) is 2.62. The van der Waals surface area contributed by atoms with Crippen molar-refractivity contribution in [1.29, 1.82) is 0 Å². The minimum Gasteiger partial charge on any atom is -0.367 e. The first-order valence-electron chi connectivity index (χ1n) is 3.96. The standard InChI is InChI=1S/C6H13N5O2S/c1-10(14(2,12)13)3-4-11-5-8-6(7)9-11/h5H,3-4H2,1-2H3,(H2,7,9). The second-order valence-corrected chi connectivity index (χ2v) is 5.04. The van der Waals surface area contributed by atoms with E-state index in [4.69, 9.17) is 5.73 Å². The van der Waals surface area contributed by atoms with Crippen molar-refractivity contribution in [3.05, 3.63) is 6.33 Å². The highest BCUT2D eigenvalue weighted by Gasteiger charge is 2.10. The molecule has 1 heterocycles. The van der Waals surface area contributed by atoms with Crippen molar-refractivity contribution in [3.8, 4) is 0 Å². The lowest BCUT2D eigenvalue weighted by atomic mass is 10.6. The third-order valence-corrected chi connectivity index (χ3v) is 3.08. The van der Waals surface area contributed by atoms with Crippen molar-refractivity contribution >= 4 is 16.0 Å². The monoisotopic (exact) mass is 219 g/mol. The molecule has 0 aliphatic carbocycles. The number of likely N-dealkylation sites (N-methyl/N-ethyl adjacent to an activating group) is 1. The SMILES string of the molecule is CN(CCn1cnc(N)n1)S(C)(=O)=O. The fourth-order valence-corrected chi connectivity index (χ4v) is 1.24. The molecule has 0 spiro atoms. The number of anilines is 1. The molecule has 0 atom stereocenters. The maximum atomic E-state index is 11.0. The molecule has 0 unspecified atom stereocenters. The minimum atomic E-state index is -3.13. The first-order chi connectivity index (χ1) is 6.39. The van der Waals surface area contributed by atoms with Gasteiger partial charge in [0.1, 0.15) is 6.33 Å². The Bertz CT molecular complexity index is 398. The molecule has 0 radical (unpaired) electrons. The van der Waals surface area contributed by atoms with Crippen molar-refractivity contribution in [3.63, 3.8) is 0 Å². The van der Waals surface area contributed by atoms with Gasteiger partial charge in [-0.1, -0.05) is 0 Å². The van der Waals surface area contributed by atoms with Crippen LogP contribution in [0.5, 0.6) is 0 Å². The Balaban J connectivity index is 2.50. The zero-order chi connectivity index (χ0) is 10.8. The normalized spacial score (nSPS) is 12.2. The fraction of sp³-hybridized carbons (Fsp3) is 0.667. The molecular formula is C6H13N5O2S. The van der Waals surface area contributed by atoms with Crippen LogP contribution in [-0.4, -0.2) is 47.3 Å². The van der Waals surface area contributed by atoms with Gasteiger partial charge in [0.15, 0.2) is 0 Å². The van der Waals surface area contributed by atoms with Gasteiger partial charge in [0.05, 0.1) is 12.8 Å². The molecule has 0 amide bonds. The molecule has 14 heavy (non-hydrogen) atoms. The molecule has 8 heteroatoms. The van der Waals surface area contributed by atoms with Crippen LogP contribution in [0.2, 0.25) is 0 Å². The first-order valence-corrected chi connectivity index (χ1v) is 5.80. The Hall–Kier alpha value is -1.15. The zero-order valence-electron chi connectivity index (χ0n) is 8.08. The van der Waals surface area contributed by atoms with E-state index in [0.717, 1.165) is 6.26 Å². The predicted molar refractivity (Wildman–Crippen MR) is 51.9 cm³/mol. The molecule has 0 saturated heterocycles. The summed E-state index contributed by atoms with van der Waals surface area (Å²) in [7, 11) is -1.62. The summed E-state index contributed by atoms with van der Waals surface area (Å²) in [6, 6.07) is 0. The van der Waals surface area contributed by atoms with E-state index in [9.17, 15) is 8.42 Å². The van der Waals surface area contributed by atoms with Gasteiger partial charge in [0.2, 0.25) is 16.0 Å². The molecule has 80 valence electrons. The van der Waals surface area contributed by atoms with Crippen LogP contribution in [0, 0.1) is 0 Å². The minimum absolute atomic E-state index is 0.187. The van der Waals surface area contributed by atoms with Crippen molar-refractivity contribution in [1.82, 2.24) is 19.1 Å². The van der Waals surface area contributed by atoms with E-state index in [1.807, 2.05) is 0 Å². The van der Waals surface area contributed by atoms with Gasteiger partial charge in [-0.05, 0) is 0 Å². The summed E-state index contributed by atoms with van der Waals surface area (Å²) in [5, 5.41) is 3.83. The quantitative estimate of drug-likeness (QED) is 0.683. The lowest BCUT2D eigenvalue weighted by Crippen LogP contribution is -2.29. The summed E-state index contributed by atoms with van der Waals surface area (Å²) in [5.74, 6) is 0.187. The van der Waals surface area contributed by atoms with Gasteiger partial charge in [-0.3, -0.25) is 0 Å². The lowest BCUT2D eigenvalue weighted by Gasteiger charge is -2.12. The van der Waals surface area contributed by atoms with Crippen LogP contribution in [0.15, 0.2) is 6.33 Å². The second-order valence-electron chi connectivity index (χ2n) is 2.95. The first kappa shape index (κ1) is 10.9. The summed E-state index contributed by atoms with van der Waals surface area (Å²) in [4.78, 5) is 3.72. The maximum Gasteiger partial charge on any atom is 0.239 e. The summed E-state index contributed by atoms with van der Waals surface area (Å²) in [5.41, 5.74) is 5.30. The Kier molecular flexibility index (Phi) is 3.06. The summed E-state index contributed by atoms with van der Waals surface area (Å²) in [6.45, 7) is 0.787. The number of nitrogens with zero attached hydrogens (tertiary/aromatic N) is 4. The van der Waals surface area contributed by atoms with Crippen LogP contribution < -0.4 is 5.73 Å². The number of hydrogen-bond donors (Lipinski definition) is 1. The molecule has 0 fully saturated rings. The molecule has 2 N–H and O–H groups in total. The molecule has 0 aromatic carbocycles. The Labute approximate surface area is 82.6 Å². The van der Waals surface area contributed by atoms with E-state index in [2.05, 4.69) is 10.1 Å². The third-order valence-electron chi connectivity index (χ3n) is 1.76. The second kappa shape index (κ2) is 3.93. The number of nitrogens with two attached hydrogens (primary N) is 1. The van der Waals surface area contributed by atoms with Crippen molar-refractivity contribution < 1.29 is 8.42 Å². The predicted octanol–water partition coefficient (Wildman–Crippen LogP) is -1.25. The molecule has 1 rings (SSSR count). The highest BCUT2D eigenvalue weighted by atomic mass is 32.2. The van der Waals surface area contributed by atoms with Crippen LogP contribution in [-0.2, 0) is 16.6 Å². The number of aromatic nitrogens is 3. The van der Waals surface area contributed by atoms with E-state index in [-0.39, 0.29) is 5.95 Å². The zero-order valence-corrected chi connectivity index (χ0v) is 8.90. The Morgan fingerprint density at radius 3 is 2.71 bits per heavy atom. The average molecular weight is 219 g/mol. The van der Waals surface area contributed by atoms with Gasteiger partial charge in [-0.2, -0.15) is 0 Å². The molecule has 1 aromatic heterocycles. The van der Waals surface area contributed by atoms with E-state index >= 15 is 0 Å². The Morgan fingerprint density at radius 2 is 2.29 bits per heavy atom. The molecular weight excluding hydrogens is 206 g/mol. The van der Waals surface area contributed by atoms with E-state index in [0.29, 0.717) is 13.1 Å². The van der Waals surface area contributed by atoms with E-state index < -0.39 is 10.0 Å².